The van der Waals surface area contributed by atoms with Crippen LogP contribution >= 0.6 is 23.4 Å². The molecule has 190 valence electrons. The fraction of sp³-hybridized carbons (Fsp3) is 0.100. The van der Waals surface area contributed by atoms with Crippen molar-refractivity contribution in [3.05, 3.63) is 125 Å². The van der Waals surface area contributed by atoms with Crippen molar-refractivity contribution in [2.45, 2.75) is 17.5 Å². The van der Waals surface area contributed by atoms with Gasteiger partial charge >= 0.3 is 0 Å². The number of nitrogens with one attached hydrogen (secondary N) is 1. The van der Waals surface area contributed by atoms with E-state index in [0.29, 0.717) is 28.6 Å². The van der Waals surface area contributed by atoms with Crippen LogP contribution in [0, 0.1) is 0 Å². The number of hydrogen-bond donors (Lipinski definition) is 1. The molecular weight excluding hydrogens is 516 g/mol. The van der Waals surface area contributed by atoms with Crippen molar-refractivity contribution in [3.63, 3.8) is 0 Å². The number of methoxy groups -OCH3 is 1. The van der Waals surface area contributed by atoms with Crippen LogP contribution in [-0.2, 0) is 12.3 Å². The summed E-state index contributed by atoms with van der Waals surface area (Å²) in [6.07, 6.45) is 0. The van der Waals surface area contributed by atoms with Crippen molar-refractivity contribution in [2.24, 2.45) is 0 Å². The molecule has 0 unspecified atom stereocenters. The number of carbonyl (C=O) groups excluding carboxylic acids is 1. The maximum atomic E-state index is 12.7. The monoisotopic (exact) mass is 540 g/mol. The van der Waals surface area contributed by atoms with Crippen molar-refractivity contribution in [1.82, 2.24) is 14.8 Å². The third kappa shape index (κ3) is 6.07. The molecule has 0 saturated heterocycles. The molecule has 38 heavy (non-hydrogen) atoms. The highest BCUT2D eigenvalue weighted by Gasteiger charge is 2.17. The largest absolute Gasteiger partial charge is 0.497 e. The summed E-state index contributed by atoms with van der Waals surface area (Å²) in [5, 5.41) is 13.3. The molecule has 6 nitrogen and oxygen atoms in total. The minimum absolute atomic E-state index is 0.165. The van der Waals surface area contributed by atoms with Crippen molar-refractivity contribution < 1.29 is 9.53 Å². The number of nitrogens with zero attached hydrogens (tertiary/aromatic N) is 3. The minimum Gasteiger partial charge on any atom is -0.497 e. The third-order valence-electron chi connectivity index (χ3n) is 5.95. The second-order valence-electron chi connectivity index (χ2n) is 8.53. The van der Waals surface area contributed by atoms with E-state index >= 15 is 0 Å². The summed E-state index contributed by atoms with van der Waals surface area (Å²) < 4.78 is 7.26. The molecule has 4 aromatic carbocycles. The van der Waals surface area contributed by atoms with Gasteiger partial charge in [-0.3, -0.25) is 9.36 Å². The summed E-state index contributed by atoms with van der Waals surface area (Å²) in [4.78, 5) is 12.7. The summed E-state index contributed by atoms with van der Waals surface area (Å²) in [6.45, 7) is 0.626. The number of amides is 1. The van der Waals surface area contributed by atoms with Crippen LogP contribution in [0.3, 0.4) is 0 Å². The van der Waals surface area contributed by atoms with E-state index in [1.807, 2.05) is 91.0 Å². The lowest BCUT2D eigenvalue weighted by atomic mass is 10.1. The molecule has 1 N–H and O–H groups in total. The van der Waals surface area contributed by atoms with Gasteiger partial charge in [0.2, 0.25) is 0 Å². The molecule has 0 saturated carbocycles. The van der Waals surface area contributed by atoms with Crippen LogP contribution in [0.15, 0.2) is 108 Å². The number of carbonyl (C=O) groups is 1. The Labute approximate surface area is 230 Å². The number of rotatable bonds is 9. The molecule has 1 aromatic heterocycles. The highest BCUT2D eigenvalue weighted by atomic mass is 35.5. The molecule has 0 spiro atoms. The van der Waals surface area contributed by atoms with Gasteiger partial charge in [-0.05, 0) is 59.7 Å². The molecule has 5 aromatic rings. The van der Waals surface area contributed by atoms with Gasteiger partial charge in [0.25, 0.3) is 5.91 Å². The Bertz CT molecular complexity index is 1520. The lowest BCUT2D eigenvalue weighted by molar-refractivity contribution is 0.102. The number of aromatic nitrogens is 3. The summed E-state index contributed by atoms with van der Waals surface area (Å²) in [5.74, 6) is 1.98. The molecule has 8 heteroatoms. The van der Waals surface area contributed by atoms with E-state index in [4.69, 9.17) is 16.3 Å². The van der Waals surface area contributed by atoms with Crippen molar-refractivity contribution in [2.75, 3.05) is 12.4 Å². The zero-order valence-electron chi connectivity index (χ0n) is 20.7. The van der Waals surface area contributed by atoms with E-state index in [1.165, 1.54) is 0 Å². The second-order valence-corrected chi connectivity index (χ2v) is 9.88. The number of hydrogen-bond acceptors (Lipinski definition) is 5. The molecule has 0 aliphatic carbocycles. The van der Waals surface area contributed by atoms with Crippen LogP contribution in [0.4, 0.5) is 5.69 Å². The van der Waals surface area contributed by atoms with Crippen LogP contribution in [0.2, 0.25) is 5.02 Å². The molecule has 1 heterocycles. The molecule has 1 amide bonds. The summed E-state index contributed by atoms with van der Waals surface area (Å²) in [7, 11) is 1.61. The molecular formula is C30H25ClN4O2S. The number of anilines is 1. The molecule has 0 bridgehead atoms. The van der Waals surface area contributed by atoms with Crippen LogP contribution in [0.25, 0.3) is 11.4 Å². The maximum absolute atomic E-state index is 12.7. The summed E-state index contributed by atoms with van der Waals surface area (Å²) >= 11 is 8.09. The molecule has 0 aliphatic heterocycles. The SMILES string of the molecule is COc1ccc(NC(=O)c2ccc(CSc3nnc(-c4ccccc4Cl)n3Cc3ccccc3)cc2)cc1. The van der Waals surface area contributed by atoms with E-state index in [1.54, 1.807) is 18.9 Å². The lowest BCUT2D eigenvalue weighted by Crippen LogP contribution is -2.11. The average molecular weight is 541 g/mol. The van der Waals surface area contributed by atoms with E-state index in [0.717, 1.165) is 33.4 Å². The van der Waals surface area contributed by atoms with Crippen LogP contribution in [-0.4, -0.2) is 27.8 Å². The van der Waals surface area contributed by atoms with E-state index in [-0.39, 0.29) is 5.91 Å². The van der Waals surface area contributed by atoms with Gasteiger partial charge in [0.05, 0.1) is 18.7 Å². The molecule has 0 atom stereocenters. The van der Waals surface area contributed by atoms with Crippen molar-refractivity contribution >= 4 is 35.0 Å². The van der Waals surface area contributed by atoms with Gasteiger partial charge in [0, 0.05) is 22.6 Å². The first-order chi connectivity index (χ1) is 18.6. The Morgan fingerprint density at radius 3 is 2.29 bits per heavy atom. The Balaban J connectivity index is 1.30. The number of benzene rings is 4. The third-order valence-corrected chi connectivity index (χ3v) is 7.31. The Hall–Kier alpha value is -4.07. The molecule has 0 aliphatic rings. The fourth-order valence-corrected chi connectivity index (χ4v) is 5.04. The van der Waals surface area contributed by atoms with Gasteiger partial charge in [-0.25, -0.2) is 0 Å². The highest BCUT2D eigenvalue weighted by molar-refractivity contribution is 7.98. The Kier molecular flexibility index (Phi) is 8.06. The van der Waals surface area contributed by atoms with Gasteiger partial charge < -0.3 is 10.1 Å². The second kappa shape index (κ2) is 12.0. The smallest absolute Gasteiger partial charge is 0.255 e. The summed E-state index contributed by atoms with van der Waals surface area (Å²) in [5.41, 5.74) is 4.36. The minimum atomic E-state index is -0.165. The Morgan fingerprint density at radius 2 is 1.58 bits per heavy atom. The summed E-state index contributed by atoms with van der Waals surface area (Å²) in [6, 6.07) is 32.7. The quantitative estimate of drug-likeness (QED) is 0.200. The molecule has 0 radical (unpaired) electrons. The first-order valence-electron chi connectivity index (χ1n) is 12.0. The van der Waals surface area contributed by atoms with E-state index < -0.39 is 0 Å². The molecule has 5 rings (SSSR count). The van der Waals surface area contributed by atoms with E-state index in [2.05, 4.69) is 32.2 Å². The van der Waals surface area contributed by atoms with Crippen LogP contribution in [0.5, 0.6) is 5.75 Å². The molecule has 0 fully saturated rings. The van der Waals surface area contributed by atoms with Gasteiger partial charge in [-0.1, -0.05) is 78.0 Å². The van der Waals surface area contributed by atoms with E-state index in [9.17, 15) is 4.79 Å². The first-order valence-corrected chi connectivity index (χ1v) is 13.4. The standard InChI is InChI=1S/C30H25ClN4O2S/c1-37-25-17-15-24(16-18-25)32-29(36)23-13-11-22(12-14-23)20-38-30-34-33-28(26-9-5-6-10-27(26)31)35(30)19-21-7-3-2-4-8-21/h2-18H,19-20H2,1H3,(H,32,36). The maximum Gasteiger partial charge on any atom is 0.255 e. The highest BCUT2D eigenvalue weighted by Crippen LogP contribution is 2.31. The van der Waals surface area contributed by atoms with Crippen LogP contribution in [0.1, 0.15) is 21.5 Å². The normalized spacial score (nSPS) is 10.8. The number of thioether (sulfide) groups is 1. The van der Waals surface area contributed by atoms with Gasteiger partial charge in [0.15, 0.2) is 11.0 Å². The predicted molar refractivity (Wildman–Crippen MR) is 153 cm³/mol. The predicted octanol–water partition coefficient (Wildman–Crippen LogP) is 7.20. The van der Waals surface area contributed by atoms with Gasteiger partial charge in [-0.2, -0.15) is 0 Å². The van der Waals surface area contributed by atoms with Crippen LogP contribution < -0.4 is 10.1 Å². The van der Waals surface area contributed by atoms with Gasteiger partial charge in [0.1, 0.15) is 5.75 Å². The zero-order valence-corrected chi connectivity index (χ0v) is 22.2. The lowest BCUT2D eigenvalue weighted by Gasteiger charge is -2.11. The number of halogens is 1. The average Bonchev–Trinajstić information content (AvgIpc) is 3.35. The first kappa shape index (κ1) is 25.6. The van der Waals surface area contributed by atoms with Crippen molar-refractivity contribution in [3.8, 4) is 17.1 Å². The Morgan fingerprint density at radius 1 is 0.868 bits per heavy atom. The topological polar surface area (TPSA) is 69.0 Å². The zero-order chi connectivity index (χ0) is 26.3. The fourth-order valence-electron chi connectivity index (χ4n) is 3.92. The van der Waals surface area contributed by atoms with Gasteiger partial charge in [-0.15, -0.1) is 10.2 Å². The van der Waals surface area contributed by atoms with Crippen molar-refractivity contribution in [1.29, 1.82) is 0 Å². The number of ether oxygens (including phenoxy) is 1.